The van der Waals surface area contributed by atoms with Crippen LogP contribution in [-0.2, 0) is 0 Å². The summed E-state index contributed by atoms with van der Waals surface area (Å²) in [7, 11) is 3.67. The molecule has 0 unspecified atom stereocenters. The lowest BCUT2D eigenvalue weighted by molar-refractivity contribution is 0.104. The number of allylic oxidation sites excluding steroid dienone is 1. The molecule has 0 aliphatic rings. The minimum absolute atomic E-state index is 0.191. The Kier molecular flexibility index (Phi) is 4.70. The largest absolute Gasteiger partial charge is 0.383 e. The summed E-state index contributed by atoms with van der Waals surface area (Å²) in [5.74, 6) is 0.257. The molecule has 0 N–H and O–H groups in total. The fourth-order valence-corrected chi connectivity index (χ4v) is 2.33. The van der Waals surface area contributed by atoms with Gasteiger partial charge in [-0.25, -0.2) is 0 Å². The van der Waals surface area contributed by atoms with Crippen LogP contribution in [0.5, 0.6) is 0 Å². The Hall–Kier alpha value is -1.78. The lowest BCUT2D eigenvalue weighted by Gasteiger charge is -2.04. The number of benzene rings is 1. The van der Waals surface area contributed by atoms with Gasteiger partial charge in [-0.2, -0.15) is 0 Å². The zero-order valence-electron chi connectivity index (χ0n) is 11.9. The fourth-order valence-electron chi connectivity index (χ4n) is 1.83. The van der Waals surface area contributed by atoms with Crippen molar-refractivity contribution >= 4 is 29.0 Å². The van der Waals surface area contributed by atoms with Crippen LogP contribution in [0, 0.1) is 6.92 Å². The first kappa shape index (κ1) is 15.6. The normalized spacial score (nSPS) is 11.1. The van der Waals surface area contributed by atoms with Crippen molar-refractivity contribution in [2.24, 2.45) is 0 Å². The first-order valence-corrected chi connectivity index (χ1v) is 6.96. The zero-order chi connectivity index (χ0) is 15.6. The standard InChI is InChI=1S/C15H14Cl2N2O2/c1-9-14(13(20)6-7-19(2)3)15(18-21-9)11-5-4-10(16)8-12(11)17/h4-8H,1-3H3/b7-6+. The zero-order valence-corrected chi connectivity index (χ0v) is 13.4. The van der Waals surface area contributed by atoms with Crippen LogP contribution in [0.3, 0.4) is 0 Å². The Labute approximate surface area is 132 Å². The smallest absolute Gasteiger partial charge is 0.193 e. The van der Waals surface area contributed by atoms with Gasteiger partial charge in [0, 0.05) is 37.0 Å². The van der Waals surface area contributed by atoms with Gasteiger partial charge in [0.05, 0.1) is 10.6 Å². The molecule has 6 heteroatoms. The van der Waals surface area contributed by atoms with Gasteiger partial charge in [0.2, 0.25) is 0 Å². The molecule has 0 saturated heterocycles. The molecule has 2 rings (SSSR count). The highest BCUT2D eigenvalue weighted by molar-refractivity contribution is 6.36. The maximum Gasteiger partial charge on any atom is 0.193 e. The second-order valence-corrected chi connectivity index (χ2v) is 5.57. The number of nitrogens with zero attached hydrogens (tertiary/aromatic N) is 2. The molecule has 2 aromatic rings. The molecular weight excluding hydrogens is 311 g/mol. The van der Waals surface area contributed by atoms with Crippen LogP contribution in [-0.4, -0.2) is 29.9 Å². The van der Waals surface area contributed by atoms with Gasteiger partial charge in [-0.15, -0.1) is 0 Å². The van der Waals surface area contributed by atoms with Crippen LogP contribution in [0.4, 0.5) is 0 Å². The van der Waals surface area contributed by atoms with E-state index in [4.69, 9.17) is 27.7 Å². The van der Waals surface area contributed by atoms with Crippen LogP contribution < -0.4 is 0 Å². The summed E-state index contributed by atoms with van der Waals surface area (Å²) in [5.41, 5.74) is 1.43. The number of rotatable bonds is 4. The summed E-state index contributed by atoms with van der Waals surface area (Å²) in [6, 6.07) is 5.01. The maximum absolute atomic E-state index is 12.3. The number of halogens is 2. The molecule has 110 valence electrons. The number of carbonyl (C=O) groups is 1. The quantitative estimate of drug-likeness (QED) is 0.624. The van der Waals surface area contributed by atoms with E-state index in [0.717, 1.165) is 0 Å². The summed E-state index contributed by atoms with van der Waals surface area (Å²) >= 11 is 12.1. The Morgan fingerprint density at radius 3 is 2.67 bits per heavy atom. The predicted molar refractivity (Wildman–Crippen MR) is 83.9 cm³/mol. The fraction of sp³-hybridized carbons (Fsp3) is 0.200. The van der Waals surface area contributed by atoms with Gasteiger partial charge in [-0.05, 0) is 25.1 Å². The van der Waals surface area contributed by atoms with Crippen molar-refractivity contribution in [3.05, 3.63) is 51.8 Å². The molecule has 21 heavy (non-hydrogen) atoms. The summed E-state index contributed by atoms with van der Waals surface area (Å²) < 4.78 is 5.15. The monoisotopic (exact) mass is 324 g/mol. The van der Waals surface area contributed by atoms with E-state index in [1.165, 1.54) is 6.08 Å². The lowest BCUT2D eigenvalue weighted by Crippen LogP contribution is -2.04. The molecule has 1 aromatic carbocycles. The van der Waals surface area contributed by atoms with E-state index in [9.17, 15) is 4.79 Å². The first-order chi connectivity index (χ1) is 9.90. The van der Waals surface area contributed by atoms with Gasteiger partial charge in [0.15, 0.2) is 5.78 Å². The van der Waals surface area contributed by atoms with Crippen LogP contribution in [0.25, 0.3) is 11.3 Å². The molecule has 0 fully saturated rings. The molecule has 0 amide bonds. The number of carbonyl (C=O) groups excluding carboxylic acids is 1. The van der Waals surface area contributed by atoms with E-state index >= 15 is 0 Å². The van der Waals surface area contributed by atoms with Crippen molar-refractivity contribution in [3.8, 4) is 11.3 Å². The van der Waals surface area contributed by atoms with E-state index in [0.29, 0.717) is 32.6 Å². The molecule has 0 aliphatic carbocycles. The topological polar surface area (TPSA) is 46.3 Å². The molecule has 4 nitrogen and oxygen atoms in total. The van der Waals surface area contributed by atoms with Crippen molar-refractivity contribution in [1.29, 1.82) is 0 Å². The Bertz CT molecular complexity index is 706. The first-order valence-electron chi connectivity index (χ1n) is 6.21. The van der Waals surface area contributed by atoms with Gasteiger partial charge in [-0.3, -0.25) is 4.79 Å². The third kappa shape index (κ3) is 3.46. The van der Waals surface area contributed by atoms with Crippen molar-refractivity contribution in [1.82, 2.24) is 10.1 Å². The molecule has 0 aliphatic heterocycles. The molecule has 0 spiro atoms. The van der Waals surface area contributed by atoms with Gasteiger partial charge in [0.25, 0.3) is 0 Å². The number of aryl methyl sites for hydroxylation is 1. The molecular formula is C15H14Cl2N2O2. The van der Waals surface area contributed by atoms with E-state index in [2.05, 4.69) is 5.16 Å². The Morgan fingerprint density at radius 2 is 2.05 bits per heavy atom. The van der Waals surface area contributed by atoms with Gasteiger partial charge >= 0.3 is 0 Å². The summed E-state index contributed by atoms with van der Waals surface area (Å²) in [4.78, 5) is 14.1. The Morgan fingerprint density at radius 1 is 1.33 bits per heavy atom. The predicted octanol–water partition coefficient (Wildman–Crippen LogP) is 4.21. The third-order valence-electron chi connectivity index (χ3n) is 2.82. The highest BCUT2D eigenvalue weighted by atomic mass is 35.5. The van der Waals surface area contributed by atoms with E-state index in [1.807, 2.05) is 14.1 Å². The van der Waals surface area contributed by atoms with Crippen molar-refractivity contribution in [2.45, 2.75) is 6.92 Å². The van der Waals surface area contributed by atoms with Gasteiger partial charge in [-0.1, -0.05) is 28.4 Å². The summed E-state index contributed by atoms with van der Waals surface area (Å²) in [6.07, 6.45) is 3.13. The molecule has 0 bridgehead atoms. The number of ketones is 1. The Balaban J connectivity index is 2.49. The van der Waals surface area contributed by atoms with Crippen LogP contribution in [0.2, 0.25) is 10.0 Å². The van der Waals surface area contributed by atoms with Crippen molar-refractivity contribution in [3.63, 3.8) is 0 Å². The van der Waals surface area contributed by atoms with Crippen LogP contribution in [0.1, 0.15) is 16.1 Å². The molecule has 0 atom stereocenters. The minimum Gasteiger partial charge on any atom is -0.383 e. The lowest BCUT2D eigenvalue weighted by atomic mass is 10.0. The molecule has 1 aromatic heterocycles. The second-order valence-electron chi connectivity index (χ2n) is 4.73. The van der Waals surface area contributed by atoms with E-state index in [-0.39, 0.29) is 5.78 Å². The summed E-state index contributed by atoms with van der Waals surface area (Å²) in [6.45, 7) is 1.69. The van der Waals surface area contributed by atoms with Crippen molar-refractivity contribution in [2.75, 3.05) is 14.1 Å². The second kappa shape index (κ2) is 6.33. The van der Waals surface area contributed by atoms with Crippen LogP contribution in [0.15, 0.2) is 35.0 Å². The molecule has 0 radical (unpaired) electrons. The van der Waals surface area contributed by atoms with E-state index < -0.39 is 0 Å². The average Bonchev–Trinajstić information content (AvgIpc) is 2.78. The number of aromatic nitrogens is 1. The number of hydrogen-bond acceptors (Lipinski definition) is 4. The highest BCUT2D eigenvalue weighted by Crippen LogP contribution is 2.33. The molecule has 1 heterocycles. The maximum atomic E-state index is 12.3. The van der Waals surface area contributed by atoms with Crippen molar-refractivity contribution < 1.29 is 9.32 Å². The molecule has 0 saturated carbocycles. The average molecular weight is 325 g/mol. The SMILES string of the molecule is Cc1onc(-c2ccc(Cl)cc2Cl)c1C(=O)/C=C/N(C)C. The van der Waals surface area contributed by atoms with Gasteiger partial charge < -0.3 is 9.42 Å². The number of hydrogen-bond donors (Lipinski definition) is 0. The minimum atomic E-state index is -0.191. The third-order valence-corrected chi connectivity index (χ3v) is 3.37. The summed E-state index contributed by atoms with van der Waals surface area (Å²) in [5, 5.41) is 4.89. The van der Waals surface area contributed by atoms with E-state index in [1.54, 1.807) is 36.2 Å². The highest BCUT2D eigenvalue weighted by Gasteiger charge is 2.21. The van der Waals surface area contributed by atoms with Crippen LogP contribution >= 0.6 is 23.2 Å². The van der Waals surface area contributed by atoms with Gasteiger partial charge in [0.1, 0.15) is 11.5 Å².